The van der Waals surface area contributed by atoms with E-state index in [4.69, 9.17) is 11.6 Å². The van der Waals surface area contributed by atoms with Gasteiger partial charge < -0.3 is 10.2 Å². The number of halogens is 1. The summed E-state index contributed by atoms with van der Waals surface area (Å²) in [6.45, 7) is 2.92. The molecule has 0 atom stereocenters. The molecular weight excluding hydrogens is 236 g/mol. The number of carbonyl (C=O) groups excluding carboxylic acids is 1. The Labute approximate surface area is 106 Å². The molecule has 1 spiro atoms. The number of likely N-dealkylation sites (N-methyl/N-ethyl adjacent to an activating group) is 1. The molecule has 17 heavy (non-hydrogen) atoms. The summed E-state index contributed by atoms with van der Waals surface area (Å²) < 4.78 is 0. The highest BCUT2D eigenvalue weighted by Crippen LogP contribution is 2.48. The summed E-state index contributed by atoms with van der Waals surface area (Å²) in [4.78, 5) is 14.5. The van der Waals surface area contributed by atoms with Crippen molar-refractivity contribution in [3.63, 3.8) is 0 Å². The second kappa shape index (κ2) is 3.64. The molecule has 1 amide bonds. The van der Waals surface area contributed by atoms with E-state index in [2.05, 4.69) is 17.1 Å². The number of para-hydroxylation sites is 1. The largest absolute Gasteiger partial charge is 0.356 e. The molecule has 1 aliphatic carbocycles. The van der Waals surface area contributed by atoms with Crippen LogP contribution in [-0.4, -0.2) is 18.0 Å². The van der Waals surface area contributed by atoms with E-state index in [1.54, 1.807) is 0 Å². The van der Waals surface area contributed by atoms with Gasteiger partial charge >= 0.3 is 0 Å². The minimum Gasteiger partial charge on any atom is -0.356 e. The Morgan fingerprint density at radius 2 is 2.24 bits per heavy atom. The van der Waals surface area contributed by atoms with Gasteiger partial charge in [-0.25, -0.2) is 0 Å². The lowest BCUT2D eigenvalue weighted by Crippen LogP contribution is -2.63. The fourth-order valence-corrected chi connectivity index (χ4v) is 3.14. The van der Waals surface area contributed by atoms with Crippen molar-refractivity contribution >= 4 is 28.9 Å². The van der Waals surface area contributed by atoms with Gasteiger partial charge in [-0.05, 0) is 38.3 Å². The van der Waals surface area contributed by atoms with Crippen LogP contribution in [0.25, 0.3) is 0 Å². The number of anilines is 2. The van der Waals surface area contributed by atoms with Crippen LogP contribution in [0.3, 0.4) is 0 Å². The number of hydrogen-bond donors (Lipinski definition) is 1. The van der Waals surface area contributed by atoms with E-state index < -0.39 is 0 Å². The van der Waals surface area contributed by atoms with Crippen LogP contribution in [-0.2, 0) is 4.79 Å². The molecule has 1 aliphatic heterocycles. The molecule has 0 radical (unpaired) electrons. The number of carbonyl (C=O) groups is 1. The molecule has 0 saturated heterocycles. The van der Waals surface area contributed by atoms with Crippen LogP contribution in [0, 0.1) is 0 Å². The molecule has 1 fully saturated rings. The van der Waals surface area contributed by atoms with Crippen molar-refractivity contribution in [3.8, 4) is 0 Å². The molecule has 0 bridgehead atoms. The third kappa shape index (κ3) is 1.32. The number of rotatable bonds is 1. The monoisotopic (exact) mass is 250 g/mol. The minimum absolute atomic E-state index is 0.103. The SMILES string of the molecule is CCN1c2cccc(Cl)c2NC(=O)C12CCC2. The molecule has 1 N–H and O–H groups in total. The van der Waals surface area contributed by atoms with E-state index in [9.17, 15) is 4.79 Å². The summed E-state index contributed by atoms with van der Waals surface area (Å²) in [6, 6.07) is 5.78. The molecule has 2 aliphatic rings. The van der Waals surface area contributed by atoms with Crippen LogP contribution in [0.2, 0.25) is 5.02 Å². The number of benzene rings is 1. The smallest absolute Gasteiger partial charge is 0.250 e. The Hall–Kier alpha value is -1.22. The van der Waals surface area contributed by atoms with Crippen molar-refractivity contribution in [1.29, 1.82) is 0 Å². The zero-order valence-electron chi connectivity index (χ0n) is 9.79. The topological polar surface area (TPSA) is 32.3 Å². The lowest BCUT2D eigenvalue weighted by molar-refractivity contribution is -0.124. The second-order valence-electron chi connectivity index (χ2n) is 4.72. The van der Waals surface area contributed by atoms with Crippen LogP contribution in [0.5, 0.6) is 0 Å². The van der Waals surface area contributed by atoms with E-state index in [1.165, 1.54) is 0 Å². The normalized spacial score (nSPS) is 20.8. The van der Waals surface area contributed by atoms with Crippen molar-refractivity contribution in [2.75, 3.05) is 16.8 Å². The first kappa shape index (κ1) is 10.9. The first-order chi connectivity index (χ1) is 8.19. The van der Waals surface area contributed by atoms with E-state index in [0.717, 1.165) is 37.2 Å². The summed E-state index contributed by atoms with van der Waals surface area (Å²) in [6.07, 6.45) is 3.01. The van der Waals surface area contributed by atoms with Crippen molar-refractivity contribution in [2.24, 2.45) is 0 Å². The van der Waals surface area contributed by atoms with E-state index in [-0.39, 0.29) is 11.4 Å². The zero-order chi connectivity index (χ0) is 12.0. The highest BCUT2D eigenvalue weighted by atomic mass is 35.5. The van der Waals surface area contributed by atoms with Gasteiger partial charge in [-0.15, -0.1) is 0 Å². The van der Waals surface area contributed by atoms with Gasteiger partial charge in [0.05, 0.1) is 16.4 Å². The van der Waals surface area contributed by atoms with Crippen LogP contribution in [0.1, 0.15) is 26.2 Å². The molecule has 1 aromatic carbocycles. The van der Waals surface area contributed by atoms with Gasteiger partial charge in [0.1, 0.15) is 5.54 Å². The number of fused-ring (bicyclic) bond motifs is 1. The summed E-state index contributed by atoms with van der Waals surface area (Å²) in [5.41, 5.74) is 1.50. The van der Waals surface area contributed by atoms with Gasteiger partial charge in [-0.1, -0.05) is 17.7 Å². The number of nitrogens with zero attached hydrogens (tertiary/aromatic N) is 1. The number of hydrogen-bond acceptors (Lipinski definition) is 2. The Bertz CT molecular complexity index is 482. The van der Waals surface area contributed by atoms with Gasteiger partial charge in [0, 0.05) is 6.54 Å². The quantitative estimate of drug-likeness (QED) is 0.831. The summed E-state index contributed by atoms with van der Waals surface area (Å²) >= 11 is 6.14. The maximum absolute atomic E-state index is 12.3. The maximum atomic E-state index is 12.3. The van der Waals surface area contributed by atoms with Gasteiger partial charge in [-0.2, -0.15) is 0 Å². The third-order valence-corrected chi connectivity index (χ3v) is 4.27. The van der Waals surface area contributed by atoms with Crippen LogP contribution in [0.15, 0.2) is 18.2 Å². The van der Waals surface area contributed by atoms with Crippen molar-refractivity contribution in [2.45, 2.75) is 31.7 Å². The second-order valence-corrected chi connectivity index (χ2v) is 5.12. The van der Waals surface area contributed by atoms with E-state index >= 15 is 0 Å². The van der Waals surface area contributed by atoms with Crippen molar-refractivity contribution in [3.05, 3.63) is 23.2 Å². The molecular formula is C13H15ClN2O. The number of amides is 1. The third-order valence-electron chi connectivity index (χ3n) is 3.96. The number of nitrogens with one attached hydrogen (secondary N) is 1. The zero-order valence-corrected chi connectivity index (χ0v) is 10.5. The molecule has 0 aromatic heterocycles. The van der Waals surface area contributed by atoms with Gasteiger partial charge in [0.15, 0.2) is 0 Å². The standard InChI is InChI=1S/C13H15ClN2O/c1-2-16-10-6-3-5-9(14)11(10)15-12(17)13(16)7-4-8-13/h3,5-6H,2,4,7-8H2,1H3,(H,15,17). The average molecular weight is 251 g/mol. The highest BCUT2D eigenvalue weighted by Gasteiger charge is 2.51. The van der Waals surface area contributed by atoms with Crippen molar-refractivity contribution < 1.29 is 4.79 Å². The molecule has 90 valence electrons. The fourth-order valence-electron chi connectivity index (χ4n) is 2.93. The van der Waals surface area contributed by atoms with Crippen LogP contribution < -0.4 is 10.2 Å². The summed E-state index contributed by atoms with van der Waals surface area (Å²) in [7, 11) is 0. The lowest BCUT2D eigenvalue weighted by atomic mass is 9.73. The lowest BCUT2D eigenvalue weighted by Gasteiger charge is -2.52. The molecule has 0 unspecified atom stereocenters. The average Bonchev–Trinajstić information content (AvgIpc) is 2.26. The fraction of sp³-hybridized carbons (Fsp3) is 0.462. The first-order valence-corrected chi connectivity index (χ1v) is 6.44. The maximum Gasteiger partial charge on any atom is 0.250 e. The Kier molecular flexibility index (Phi) is 2.33. The molecule has 1 heterocycles. The summed E-state index contributed by atoms with van der Waals surface area (Å²) in [5.74, 6) is 0.103. The van der Waals surface area contributed by atoms with Gasteiger partial charge in [0.2, 0.25) is 5.91 Å². The molecule has 4 heteroatoms. The Morgan fingerprint density at radius 1 is 1.47 bits per heavy atom. The molecule has 1 saturated carbocycles. The predicted molar refractivity (Wildman–Crippen MR) is 69.7 cm³/mol. The van der Waals surface area contributed by atoms with Crippen LogP contribution >= 0.6 is 11.6 Å². The minimum atomic E-state index is -0.313. The van der Waals surface area contributed by atoms with Gasteiger partial charge in [-0.3, -0.25) is 4.79 Å². The first-order valence-electron chi connectivity index (χ1n) is 6.06. The van der Waals surface area contributed by atoms with E-state index in [0.29, 0.717) is 5.02 Å². The van der Waals surface area contributed by atoms with Gasteiger partial charge in [0.25, 0.3) is 0 Å². The summed E-state index contributed by atoms with van der Waals surface area (Å²) in [5, 5.41) is 3.59. The highest BCUT2D eigenvalue weighted by molar-refractivity contribution is 6.35. The molecule has 3 nitrogen and oxygen atoms in total. The predicted octanol–water partition coefficient (Wildman–Crippen LogP) is 3.04. The molecule has 3 rings (SSSR count). The molecule has 1 aromatic rings. The van der Waals surface area contributed by atoms with E-state index in [1.807, 2.05) is 18.2 Å². The Morgan fingerprint density at radius 3 is 2.82 bits per heavy atom. The Balaban J connectivity index is 2.15. The van der Waals surface area contributed by atoms with Crippen LogP contribution in [0.4, 0.5) is 11.4 Å². The van der Waals surface area contributed by atoms with Crippen molar-refractivity contribution in [1.82, 2.24) is 0 Å².